The zero-order chi connectivity index (χ0) is 24.5. The second kappa shape index (κ2) is 12.5. The Kier molecular flexibility index (Phi) is 9.40. The van der Waals surface area contributed by atoms with Crippen molar-refractivity contribution in [2.45, 2.75) is 65.5 Å². The van der Waals surface area contributed by atoms with Gasteiger partial charge in [-0.15, -0.1) is 0 Å². The number of unbranched alkanes of at least 4 members (excludes halogenated alkanes) is 1. The molecule has 0 aliphatic carbocycles. The first-order valence-corrected chi connectivity index (χ1v) is 12.4. The zero-order valence-electron chi connectivity index (χ0n) is 20.9. The molecule has 6 heteroatoms. The van der Waals surface area contributed by atoms with Crippen molar-refractivity contribution in [3.63, 3.8) is 0 Å². The summed E-state index contributed by atoms with van der Waals surface area (Å²) in [6, 6.07) is 15.0. The molecule has 0 spiro atoms. The van der Waals surface area contributed by atoms with Gasteiger partial charge in [0.15, 0.2) is 0 Å². The summed E-state index contributed by atoms with van der Waals surface area (Å²) in [6.07, 6.45) is 4.77. The highest BCUT2D eigenvalue weighted by atomic mass is 16.5. The number of nitrogens with zero attached hydrogens (tertiary/aromatic N) is 3. The highest BCUT2D eigenvalue weighted by Crippen LogP contribution is 2.26. The van der Waals surface area contributed by atoms with Crippen LogP contribution in [0.25, 0.3) is 10.9 Å². The Morgan fingerprint density at radius 2 is 1.79 bits per heavy atom. The van der Waals surface area contributed by atoms with Crippen LogP contribution in [0.1, 0.15) is 74.2 Å². The number of aromatic nitrogens is 2. The van der Waals surface area contributed by atoms with Gasteiger partial charge in [0.05, 0.1) is 30.1 Å². The van der Waals surface area contributed by atoms with Gasteiger partial charge in [0, 0.05) is 19.2 Å². The molecule has 1 heterocycles. The molecule has 1 unspecified atom stereocenters. The summed E-state index contributed by atoms with van der Waals surface area (Å²) in [5, 5.41) is 0.577. The van der Waals surface area contributed by atoms with Crippen LogP contribution >= 0.6 is 0 Å². The second-order valence-electron chi connectivity index (χ2n) is 8.66. The third-order valence-electron chi connectivity index (χ3n) is 6.22. The Labute approximate surface area is 202 Å². The summed E-state index contributed by atoms with van der Waals surface area (Å²) in [7, 11) is 1.62. The lowest BCUT2D eigenvalue weighted by Gasteiger charge is -2.32. The average Bonchev–Trinajstić information content (AvgIpc) is 2.87. The van der Waals surface area contributed by atoms with E-state index in [1.54, 1.807) is 17.7 Å². The van der Waals surface area contributed by atoms with E-state index in [0.717, 1.165) is 25.7 Å². The number of benzene rings is 2. The summed E-state index contributed by atoms with van der Waals surface area (Å²) in [5.74, 6) is 0.584. The van der Waals surface area contributed by atoms with Crippen molar-refractivity contribution in [2.24, 2.45) is 0 Å². The minimum absolute atomic E-state index is 0.0311. The van der Waals surface area contributed by atoms with Gasteiger partial charge in [0.1, 0.15) is 5.82 Å². The maximum Gasteiger partial charge on any atom is 0.261 e. The number of aryl methyl sites for hydroxylation is 1. The summed E-state index contributed by atoms with van der Waals surface area (Å²) in [6.45, 7) is 7.65. The van der Waals surface area contributed by atoms with Crippen LogP contribution < -0.4 is 5.56 Å². The smallest absolute Gasteiger partial charge is 0.261 e. The van der Waals surface area contributed by atoms with Gasteiger partial charge in [-0.1, -0.05) is 51.5 Å². The lowest BCUT2D eigenvalue weighted by atomic mass is 10.0. The molecule has 2 aromatic carbocycles. The highest BCUT2D eigenvalue weighted by Gasteiger charge is 2.28. The van der Waals surface area contributed by atoms with Crippen LogP contribution in [0.5, 0.6) is 0 Å². The van der Waals surface area contributed by atoms with E-state index in [2.05, 4.69) is 26.0 Å². The van der Waals surface area contributed by atoms with Crippen molar-refractivity contribution in [1.29, 1.82) is 0 Å². The van der Waals surface area contributed by atoms with Gasteiger partial charge in [-0.25, -0.2) is 4.98 Å². The quantitative estimate of drug-likeness (QED) is 0.361. The van der Waals surface area contributed by atoms with Gasteiger partial charge in [0.2, 0.25) is 0 Å². The van der Waals surface area contributed by atoms with Gasteiger partial charge < -0.3 is 9.64 Å². The first-order chi connectivity index (χ1) is 16.5. The van der Waals surface area contributed by atoms with E-state index >= 15 is 0 Å². The number of rotatable bonds is 12. The van der Waals surface area contributed by atoms with Crippen molar-refractivity contribution >= 4 is 16.8 Å². The number of fused-ring (bicyclic) bond motifs is 1. The third kappa shape index (κ3) is 5.73. The van der Waals surface area contributed by atoms with Crippen LogP contribution in [0.4, 0.5) is 0 Å². The minimum atomic E-state index is -0.318. The van der Waals surface area contributed by atoms with Gasteiger partial charge in [-0.05, 0) is 55.5 Å². The number of hydrogen-bond acceptors (Lipinski definition) is 4. The first-order valence-electron chi connectivity index (χ1n) is 12.4. The largest absolute Gasteiger partial charge is 0.383 e. The monoisotopic (exact) mass is 463 g/mol. The van der Waals surface area contributed by atoms with E-state index in [0.29, 0.717) is 48.4 Å². The van der Waals surface area contributed by atoms with Crippen LogP contribution in [0, 0.1) is 0 Å². The molecule has 182 valence electrons. The van der Waals surface area contributed by atoms with Crippen molar-refractivity contribution < 1.29 is 9.53 Å². The Morgan fingerprint density at radius 3 is 2.44 bits per heavy atom. The Hall–Kier alpha value is -2.99. The third-order valence-corrected chi connectivity index (χ3v) is 6.22. The van der Waals surface area contributed by atoms with Crippen molar-refractivity contribution in [1.82, 2.24) is 14.5 Å². The molecule has 0 saturated heterocycles. The fourth-order valence-corrected chi connectivity index (χ4v) is 4.38. The molecule has 0 aliphatic heterocycles. The maximum atomic E-state index is 13.7. The number of methoxy groups -OCH3 is 1. The molecule has 0 radical (unpaired) electrons. The van der Waals surface area contributed by atoms with E-state index in [4.69, 9.17) is 9.72 Å². The molecular weight excluding hydrogens is 426 g/mol. The van der Waals surface area contributed by atoms with Crippen molar-refractivity contribution in [3.05, 3.63) is 75.8 Å². The fourth-order valence-electron chi connectivity index (χ4n) is 4.38. The standard InChI is InChI=1S/C28H37N3O3/c1-5-8-11-21-14-16-22(17-15-21)27(32)30(18-6-2)25(7-3)26-29-24-13-10-9-12-23(24)28(33)31(26)19-20-34-4/h9-10,12-17,25H,5-8,11,18-20H2,1-4H3. The average molecular weight is 464 g/mol. The Bertz CT molecular complexity index is 1140. The van der Waals surface area contributed by atoms with E-state index < -0.39 is 0 Å². The molecular formula is C28H37N3O3. The van der Waals surface area contributed by atoms with E-state index in [9.17, 15) is 9.59 Å². The van der Waals surface area contributed by atoms with Crippen LogP contribution in [-0.4, -0.2) is 40.6 Å². The number of ether oxygens (including phenoxy) is 1. The van der Waals surface area contributed by atoms with Crippen LogP contribution in [0.2, 0.25) is 0 Å². The first kappa shape index (κ1) is 25.6. The molecule has 3 aromatic rings. The van der Waals surface area contributed by atoms with E-state index in [1.807, 2.05) is 42.2 Å². The maximum absolute atomic E-state index is 13.7. The summed E-state index contributed by atoms with van der Waals surface area (Å²) < 4.78 is 6.96. The molecule has 6 nitrogen and oxygen atoms in total. The minimum Gasteiger partial charge on any atom is -0.383 e. The molecule has 1 aromatic heterocycles. The highest BCUT2D eigenvalue weighted by molar-refractivity contribution is 5.94. The Morgan fingerprint density at radius 1 is 1.06 bits per heavy atom. The van der Waals surface area contributed by atoms with E-state index in [-0.39, 0.29) is 17.5 Å². The van der Waals surface area contributed by atoms with Crippen LogP contribution in [0.3, 0.4) is 0 Å². The number of amides is 1. The van der Waals surface area contributed by atoms with E-state index in [1.165, 1.54) is 5.56 Å². The lowest BCUT2D eigenvalue weighted by molar-refractivity contribution is 0.0654. The molecule has 1 atom stereocenters. The van der Waals surface area contributed by atoms with Gasteiger partial charge in [0.25, 0.3) is 11.5 Å². The van der Waals surface area contributed by atoms with Crippen LogP contribution in [0.15, 0.2) is 53.3 Å². The zero-order valence-corrected chi connectivity index (χ0v) is 20.9. The van der Waals surface area contributed by atoms with Crippen LogP contribution in [-0.2, 0) is 17.7 Å². The molecule has 3 rings (SSSR count). The molecule has 0 fully saturated rings. The van der Waals surface area contributed by atoms with Gasteiger partial charge in [-0.3, -0.25) is 14.2 Å². The molecule has 34 heavy (non-hydrogen) atoms. The summed E-state index contributed by atoms with van der Waals surface area (Å²) >= 11 is 0. The normalized spacial score (nSPS) is 12.1. The molecule has 0 N–H and O–H groups in total. The summed E-state index contributed by atoms with van der Waals surface area (Å²) in [5.41, 5.74) is 2.47. The fraction of sp³-hybridized carbons (Fsp3) is 0.464. The van der Waals surface area contributed by atoms with Crippen molar-refractivity contribution in [2.75, 3.05) is 20.3 Å². The molecule has 0 saturated carbocycles. The predicted molar refractivity (Wildman–Crippen MR) is 137 cm³/mol. The SMILES string of the molecule is CCCCc1ccc(C(=O)N(CCC)C(CC)c2nc3ccccc3c(=O)n2CCOC)cc1. The topological polar surface area (TPSA) is 64.4 Å². The summed E-state index contributed by atoms with van der Waals surface area (Å²) in [4.78, 5) is 33.9. The number of para-hydroxylation sites is 1. The number of carbonyl (C=O) groups is 1. The second-order valence-corrected chi connectivity index (χ2v) is 8.66. The van der Waals surface area contributed by atoms with Gasteiger partial charge >= 0.3 is 0 Å². The number of hydrogen-bond donors (Lipinski definition) is 0. The molecule has 0 bridgehead atoms. The molecule has 0 aliphatic rings. The Balaban J connectivity index is 2.04. The number of carbonyl (C=O) groups excluding carboxylic acids is 1. The van der Waals surface area contributed by atoms with Gasteiger partial charge in [-0.2, -0.15) is 0 Å². The predicted octanol–water partition coefficient (Wildman–Crippen LogP) is 5.39. The lowest BCUT2D eigenvalue weighted by Crippen LogP contribution is -2.39. The van der Waals surface area contributed by atoms with Crippen molar-refractivity contribution in [3.8, 4) is 0 Å². The molecule has 1 amide bonds.